The van der Waals surface area contributed by atoms with Crippen LogP contribution >= 0.6 is 0 Å². The van der Waals surface area contributed by atoms with E-state index in [1.54, 1.807) is 19.4 Å². The van der Waals surface area contributed by atoms with Crippen molar-refractivity contribution in [2.75, 3.05) is 7.11 Å². The standard InChI is InChI=1S/C21H21NO3/c1-15-8-9-17(13-22-15)21(23)19-12-18(10-11-20(19)24-2)25-14-16-6-4-3-5-7-16/h3-13,21,23H,14H2,1-2H3. The smallest absolute Gasteiger partial charge is 0.125 e. The predicted octanol–water partition coefficient (Wildman–Crippen LogP) is 4.06. The molecule has 1 aromatic heterocycles. The van der Waals surface area contributed by atoms with Crippen molar-refractivity contribution in [1.82, 2.24) is 4.98 Å². The molecule has 1 heterocycles. The molecule has 0 aliphatic rings. The van der Waals surface area contributed by atoms with Gasteiger partial charge < -0.3 is 14.6 Å². The Kier molecular flexibility index (Phi) is 5.31. The molecular formula is C21H21NO3. The van der Waals surface area contributed by atoms with E-state index in [1.165, 1.54) is 0 Å². The number of methoxy groups -OCH3 is 1. The van der Waals surface area contributed by atoms with Crippen LogP contribution in [0.2, 0.25) is 0 Å². The van der Waals surface area contributed by atoms with Crippen molar-refractivity contribution >= 4 is 0 Å². The second kappa shape index (κ2) is 7.81. The molecule has 1 atom stereocenters. The van der Waals surface area contributed by atoms with E-state index in [0.717, 1.165) is 11.3 Å². The lowest BCUT2D eigenvalue weighted by molar-refractivity contribution is 0.213. The summed E-state index contributed by atoms with van der Waals surface area (Å²) >= 11 is 0. The molecule has 0 amide bonds. The molecule has 2 aromatic carbocycles. The van der Waals surface area contributed by atoms with E-state index in [2.05, 4.69) is 4.98 Å². The number of ether oxygens (including phenoxy) is 2. The van der Waals surface area contributed by atoms with Crippen molar-refractivity contribution in [3.63, 3.8) is 0 Å². The molecule has 0 aliphatic carbocycles. The lowest BCUT2D eigenvalue weighted by Crippen LogP contribution is -2.04. The van der Waals surface area contributed by atoms with Gasteiger partial charge in [-0.2, -0.15) is 0 Å². The molecular weight excluding hydrogens is 314 g/mol. The van der Waals surface area contributed by atoms with Crippen molar-refractivity contribution < 1.29 is 14.6 Å². The summed E-state index contributed by atoms with van der Waals surface area (Å²) in [6.07, 6.45) is 0.847. The highest BCUT2D eigenvalue weighted by atomic mass is 16.5. The number of hydrogen-bond acceptors (Lipinski definition) is 4. The van der Waals surface area contributed by atoms with Gasteiger partial charge in [0, 0.05) is 23.0 Å². The number of aliphatic hydroxyl groups is 1. The van der Waals surface area contributed by atoms with Crippen molar-refractivity contribution in [2.45, 2.75) is 19.6 Å². The summed E-state index contributed by atoms with van der Waals surface area (Å²) in [4.78, 5) is 4.25. The topological polar surface area (TPSA) is 51.6 Å². The third-order valence-corrected chi connectivity index (χ3v) is 3.99. The first-order valence-electron chi connectivity index (χ1n) is 8.12. The Balaban J connectivity index is 1.83. The second-order valence-electron chi connectivity index (χ2n) is 5.81. The summed E-state index contributed by atoms with van der Waals surface area (Å²) in [5.41, 5.74) is 3.36. The lowest BCUT2D eigenvalue weighted by atomic mass is 10.0. The molecule has 0 fully saturated rings. The highest BCUT2D eigenvalue weighted by molar-refractivity contribution is 5.45. The third-order valence-electron chi connectivity index (χ3n) is 3.99. The fraction of sp³-hybridized carbons (Fsp3) is 0.190. The molecule has 0 spiro atoms. The molecule has 0 saturated heterocycles. The number of pyridine rings is 1. The van der Waals surface area contributed by atoms with Crippen LogP contribution in [-0.2, 0) is 6.61 Å². The van der Waals surface area contributed by atoms with Gasteiger partial charge in [-0.1, -0.05) is 36.4 Å². The maximum atomic E-state index is 10.7. The molecule has 128 valence electrons. The normalized spacial score (nSPS) is 11.8. The molecule has 0 radical (unpaired) electrons. The summed E-state index contributed by atoms with van der Waals surface area (Å²) in [6, 6.07) is 19.1. The van der Waals surface area contributed by atoms with Crippen LogP contribution in [0.3, 0.4) is 0 Å². The second-order valence-corrected chi connectivity index (χ2v) is 5.81. The minimum absolute atomic E-state index is 0.467. The van der Waals surface area contributed by atoms with E-state index in [-0.39, 0.29) is 0 Å². The predicted molar refractivity (Wildman–Crippen MR) is 96.8 cm³/mol. The zero-order valence-corrected chi connectivity index (χ0v) is 14.3. The summed E-state index contributed by atoms with van der Waals surface area (Å²) in [5.74, 6) is 1.29. The van der Waals surface area contributed by atoms with Gasteiger partial charge in [0.2, 0.25) is 0 Å². The Bertz CT molecular complexity index is 816. The fourth-order valence-corrected chi connectivity index (χ4v) is 2.58. The number of aliphatic hydroxyl groups excluding tert-OH is 1. The van der Waals surface area contributed by atoms with E-state index >= 15 is 0 Å². The van der Waals surface area contributed by atoms with E-state index in [0.29, 0.717) is 29.2 Å². The van der Waals surface area contributed by atoms with Crippen molar-refractivity contribution in [3.8, 4) is 11.5 Å². The van der Waals surface area contributed by atoms with Crippen LogP contribution in [0.4, 0.5) is 0 Å². The number of aromatic nitrogens is 1. The molecule has 4 nitrogen and oxygen atoms in total. The van der Waals surface area contributed by atoms with Crippen LogP contribution in [0.25, 0.3) is 0 Å². The molecule has 0 bridgehead atoms. The van der Waals surface area contributed by atoms with Crippen LogP contribution in [0.15, 0.2) is 66.9 Å². The van der Waals surface area contributed by atoms with Gasteiger partial charge in [0.15, 0.2) is 0 Å². The van der Waals surface area contributed by atoms with E-state index in [1.807, 2.05) is 61.5 Å². The number of benzene rings is 2. The molecule has 1 N–H and O–H groups in total. The van der Waals surface area contributed by atoms with Crippen LogP contribution < -0.4 is 9.47 Å². The summed E-state index contributed by atoms with van der Waals surface area (Å²) in [6.45, 7) is 2.38. The van der Waals surface area contributed by atoms with Gasteiger partial charge >= 0.3 is 0 Å². The Morgan fingerprint density at radius 2 is 1.84 bits per heavy atom. The van der Waals surface area contributed by atoms with Gasteiger partial charge in [0.1, 0.15) is 24.2 Å². The number of hydrogen-bond donors (Lipinski definition) is 1. The molecule has 3 rings (SSSR count). The maximum absolute atomic E-state index is 10.7. The average Bonchev–Trinajstić information content (AvgIpc) is 2.67. The van der Waals surface area contributed by atoms with Gasteiger partial charge in [-0.05, 0) is 36.8 Å². The Morgan fingerprint density at radius 1 is 1.04 bits per heavy atom. The monoisotopic (exact) mass is 335 g/mol. The first kappa shape index (κ1) is 17.0. The van der Waals surface area contributed by atoms with Gasteiger partial charge in [-0.3, -0.25) is 4.98 Å². The summed E-state index contributed by atoms with van der Waals surface area (Å²) < 4.78 is 11.2. The van der Waals surface area contributed by atoms with Crippen molar-refractivity contribution in [3.05, 3.63) is 89.2 Å². The molecule has 25 heavy (non-hydrogen) atoms. The van der Waals surface area contributed by atoms with Gasteiger partial charge in [-0.25, -0.2) is 0 Å². The average molecular weight is 335 g/mol. The highest BCUT2D eigenvalue weighted by Gasteiger charge is 2.17. The van der Waals surface area contributed by atoms with Gasteiger partial charge in [0.25, 0.3) is 0 Å². The third kappa shape index (κ3) is 4.17. The lowest BCUT2D eigenvalue weighted by Gasteiger charge is -2.17. The molecule has 0 saturated carbocycles. The van der Waals surface area contributed by atoms with E-state index < -0.39 is 6.10 Å². The quantitative estimate of drug-likeness (QED) is 0.738. The Hall–Kier alpha value is -2.85. The van der Waals surface area contributed by atoms with E-state index in [9.17, 15) is 5.11 Å². The van der Waals surface area contributed by atoms with Crippen LogP contribution in [-0.4, -0.2) is 17.2 Å². The number of aryl methyl sites for hydroxylation is 1. The zero-order chi connectivity index (χ0) is 17.6. The minimum atomic E-state index is -0.830. The first-order chi connectivity index (χ1) is 12.2. The van der Waals surface area contributed by atoms with Crippen LogP contribution in [0.1, 0.15) is 28.5 Å². The van der Waals surface area contributed by atoms with Gasteiger partial charge in [0.05, 0.1) is 7.11 Å². The van der Waals surface area contributed by atoms with Crippen molar-refractivity contribution in [1.29, 1.82) is 0 Å². The minimum Gasteiger partial charge on any atom is -0.496 e. The molecule has 4 heteroatoms. The number of nitrogens with zero attached hydrogens (tertiary/aromatic N) is 1. The molecule has 0 aliphatic heterocycles. The summed E-state index contributed by atoms with van der Waals surface area (Å²) in [5, 5.41) is 10.7. The SMILES string of the molecule is COc1ccc(OCc2ccccc2)cc1C(O)c1ccc(C)nc1. The summed E-state index contributed by atoms with van der Waals surface area (Å²) in [7, 11) is 1.59. The van der Waals surface area contributed by atoms with Crippen molar-refractivity contribution in [2.24, 2.45) is 0 Å². The first-order valence-corrected chi connectivity index (χ1v) is 8.12. The highest BCUT2D eigenvalue weighted by Crippen LogP contribution is 2.33. The number of rotatable bonds is 6. The molecule has 1 unspecified atom stereocenters. The molecule has 3 aromatic rings. The van der Waals surface area contributed by atoms with Crippen LogP contribution in [0.5, 0.6) is 11.5 Å². The fourth-order valence-electron chi connectivity index (χ4n) is 2.58. The maximum Gasteiger partial charge on any atom is 0.125 e. The Labute approximate surface area is 147 Å². The largest absolute Gasteiger partial charge is 0.496 e. The Morgan fingerprint density at radius 3 is 2.52 bits per heavy atom. The van der Waals surface area contributed by atoms with E-state index in [4.69, 9.17) is 9.47 Å². The zero-order valence-electron chi connectivity index (χ0n) is 14.3. The van der Waals surface area contributed by atoms with Gasteiger partial charge in [-0.15, -0.1) is 0 Å². The van der Waals surface area contributed by atoms with Crippen LogP contribution in [0, 0.1) is 6.92 Å².